The molecule has 0 aliphatic carbocycles. The van der Waals surface area contributed by atoms with Gasteiger partial charge in [-0.05, 0) is 6.92 Å². The summed E-state index contributed by atoms with van der Waals surface area (Å²) in [7, 11) is 1.56. The van der Waals surface area contributed by atoms with Crippen molar-refractivity contribution < 1.29 is 6.22 Å². The van der Waals surface area contributed by atoms with Crippen molar-refractivity contribution in [2.45, 2.75) is 6.92 Å². The van der Waals surface area contributed by atoms with Crippen LogP contribution in [0, 0.1) is 6.92 Å². The topological polar surface area (TPSA) is 54.9 Å². The molecule has 0 aliphatic rings. The van der Waals surface area contributed by atoms with Gasteiger partial charge in [0, 0.05) is 14.7 Å². The second-order valence-corrected chi connectivity index (χ2v) is 2.12. The molecule has 0 fully saturated rings. The second-order valence-electron chi connectivity index (χ2n) is 2.12. The molecular formula is C7H11N3O. The minimum Gasteiger partial charge on any atom is -0.354 e. The summed E-state index contributed by atoms with van der Waals surface area (Å²) in [6, 6.07) is 0. The number of hydrogen-bond donors (Lipinski definition) is 1. The Morgan fingerprint density at radius 2 is 2.27 bits per heavy atom. The number of carbonyl (C=O) groups excluding carboxylic acids is 1. The van der Waals surface area contributed by atoms with Crippen LogP contribution in [0.1, 0.15) is 17.6 Å². The molecule has 0 aromatic carbocycles. The zero-order valence-corrected chi connectivity index (χ0v) is 6.46. The Hall–Kier alpha value is -1.45. The Balaban J connectivity index is 0.00000121. The average molecular weight is 153 g/mol. The van der Waals surface area contributed by atoms with Gasteiger partial charge in [-0.1, -0.05) is 0 Å². The van der Waals surface area contributed by atoms with Crippen molar-refractivity contribution in [3.8, 4) is 0 Å². The first-order chi connectivity index (χ1) is 5.24. The maximum atomic E-state index is 10.9. The maximum absolute atomic E-state index is 10.9. The van der Waals surface area contributed by atoms with E-state index in [0.29, 0.717) is 5.69 Å². The lowest BCUT2D eigenvalue weighted by atomic mass is 10.4. The summed E-state index contributed by atoms with van der Waals surface area (Å²) < 4.78 is 0. The highest BCUT2D eigenvalue weighted by Crippen LogP contribution is 1.92. The highest BCUT2D eigenvalue weighted by atomic mass is 16.1. The molecule has 0 atom stereocenters. The summed E-state index contributed by atoms with van der Waals surface area (Å²) in [6.45, 7) is 1.82. The molecule has 0 spiro atoms. The van der Waals surface area contributed by atoms with Crippen LogP contribution < -0.4 is 5.32 Å². The molecule has 0 saturated heterocycles. The molecule has 1 rings (SSSR count). The van der Waals surface area contributed by atoms with E-state index in [9.17, 15) is 4.79 Å². The van der Waals surface area contributed by atoms with E-state index in [-0.39, 0.29) is 7.33 Å². The highest BCUT2D eigenvalue weighted by molar-refractivity contribution is 5.91. The van der Waals surface area contributed by atoms with E-state index in [1.54, 1.807) is 13.2 Å². The molecule has 0 bridgehead atoms. The van der Waals surface area contributed by atoms with E-state index >= 15 is 0 Å². The van der Waals surface area contributed by atoms with Gasteiger partial charge in [0.15, 0.2) is 0 Å². The van der Waals surface area contributed by atoms with Gasteiger partial charge in [0.25, 0.3) is 5.91 Å². The summed E-state index contributed by atoms with van der Waals surface area (Å²) in [6.07, 6.45) is 3.01. The Morgan fingerprint density at radius 3 is 2.73 bits per heavy atom. The number of aryl methyl sites for hydroxylation is 1. The van der Waals surface area contributed by atoms with E-state index in [4.69, 9.17) is 0 Å². The average Bonchev–Trinajstić information content (AvgIpc) is 2.05. The molecule has 1 N–H and O–H groups in total. The predicted molar refractivity (Wildman–Crippen MR) is 42.3 cm³/mol. The molecule has 4 heteroatoms. The Labute approximate surface area is 66.2 Å². The third-order valence-corrected chi connectivity index (χ3v) is 1.24. The fourth-order valence-corrected chi connectivity index (χ4v) is 0.638. The molecule has 4 nitrogen and oxygen atoms in total. The van der Waals surface area contributed by atoms with Crippen molar-refractivity contribution >= 4 is 5.91 Å². The Bertz CT molecular complexity index is 260. The van der Waals surface area contributed by atoms with E-state index in [0.717, 1.165) is 5.69 Å². The zero-order valence-electron chi connectivity index (χ0n) is 6.46. The molecule has 1 heterocycles. The number of nitrogens with zero attached hydrogens (tertiary/aromatic N) is 2. The highest BCUT2D eigenvalue weighted by Gasteiger charge is 2.02. The zero-order chi connectivity index (χ0) is 8.27. The Kier molecular flexibility index (Phi) is 2.15. The Morgan fingerprint density at radius 1 is 1.55 bits per heavy atom. The molecule has 0 unspecified atom stereocenters. The number of carbonyl (C=O) groups is 1. The van der Waals surface area contributed by atoms with Gasteiger partial charge in [-0.2, -0.15) is 0 Å². The molecule has 11 heavy (non-hydrogen) atoms. The van der Waals surface area contributed by atoms with Crippen molar-refractivity contribution in [2.24, 2.45) is 0 Å². The van der Waals surface area contributed by atoms with Crippen molar-refractivity contribution in [3.05, 3.63) is 23.8 Å². The summed E-state index contributed by atoms with van der Waals surface area (Å²) in [5, 5.41) is 2.46. The van der Waals surface area contributed by atoms with Gasteiger partial charge >= 0.3 is 0 Å². The number of nitrogens with one attached hydrogen (secondary N) is 1. The lowest BCUT2D eigenvalue weighted by Crippen LogP contribution is -2.19. The number of hydrogen-bond acceptors (Lipinski definition) is 3. The molecule has 0 aliphatic heterocycles. The minimum atomic E-state index is -0.211. The van der Waals surface area contributed by atoms with Crippen molar-refractivity contribution in [3.63, 3.8) is 0 Å². The van der Waals surface area contributed by atoms with Gasteiger partial charge in [0.1, 0.15) is 5.69 Å². The van der Waals surface area contributed by atoms with Gasteiger partial charge in [-0.3, -0.25) is 9.78 Å². The third kappa shape index (κ3) is 1.73. The third-order valence-electron chi connectivity index (χ3n) is 1.24. The van der Waals surface area contributed by atoms with Gasteiger partial charge in [-0.25, -0.2) is 4.98 Å². The van der Waals surface area contributed by atoms with E-state index in [2.05, 4.69) is 15.3 Å². The van der Waals surface area contributed by atoms with Crippen LogP contribution in [-0.2, 0) is 0 Å². The van der Waals surface area contributed by atoms with E-state index in [1.165, 1.54) is 6.20 Å². The maximum Gasteiger partial charge on any atom is 0.271 e. The van der Waals surface area contributed by atoms with Gasteiger partial charge in [-0.15, -0.1) is 0 Å². The van der Waals surface area contributed by atoms with E-state index < -0.39 is 0 Å². The van der Waals surface area contributed by atoms with Crippen molar-refractivity contribution in [2.75, 3.05) is 7.05 Å². The van der Waals surface area contributed by atoms with Crippen LogP contribution in [0.5, 0.6) is 0 Å². The van der Waals surface area contributed by atoms with Crippen LogP contribution >= 0.6 is 0 Å². The largest absolute Gasteiger partial charge is 0.354 e. The van der Waals surface area contributed by atoms with Crippen LogP contribution in [0.4, 0.5) is 0 Å². The molecule has 0 saturated carbocycles. The lowest BCUT2D eigenvalue weighted by Gasteiger charge is -1.96. The normalized spacial score (nSPS) is 9.27. The first kappa shape index (κ1) is 7.65. The first-order valence-corrected chi connectivity index (χ1v) is 3.25. The van der Waals surface area contributed by atoms with Gasteiger partial charge < -0.3 is 5.32 Å². The summed E-state index contributed by atoms with van der Waals surface area (Å²) in [4.78, 5) is 18.7. The summed E-state index contributed by atoms with van der Waals surface area (Å²) in [5.41, 5.74) is 1.15. The van der Waals surface area contributed by atoms with Gasteiger partial charge in [0.05, 0.1) is 11.9 Å². The molecular weight excluding hydrogens is 142 g/mol. The minimum absolute atomic E-state index is 0. The molecule has 1 amide bonds. The van der Waals surface area contributed by atoms with Crippen LogP contribution in [-0.4, -0.2) is 22.9 Å². The fourth-order valence-electron chi connectivity index (χ4n) is 0.638. The smallest absolute Gasteiger partial charge is 0.271 e. The van der Waals surface area contributed by atoms with E-state index in [1.807, 2.05) is 6.92 Å². The van der Waals surface area contributed by atoms with Crippen LogP contribution in [0.2, 0.25) is 0 Å². The van der Waals surface area contributed by atoms with Crippen molar-refractivity contribution in [1.29, 1.82) is 0 Å². The second kappa shape index (κ2) is 3.09. The molecule has 60 valence electrons. The van der Waals surface area contributed by atoms with Crippen LogP contribution in [0.15, 0.2) is 12.4 Å². The predicted octanol–water partition coefficient (Wildman–Crippen LogP) is 0.391. The monoisotopic (exact) mass is 153 g/mol. The first-order valence-electron chi connectivity index (χ1n) is 3.25. The van der Waals surface area contributed by atoms with Crippen molar-refractivity contribution in [1.82, 2.24) is 15.3 Å². The van der Waals surface area contributed by atoms with Crippen LogP contribution in [0.25, 0.3) is 0 Å². The number of amides is 1. The molecule has 1 aromatic heterocycles. The molecule has 0 radical (unpaired) electrons. The van der Waals surface area contributed by atoms with Gasteiger partial charge in [0.2, 0.25) is 0 Å². The quantitative estimate of drug-likeness (QED) is 0.635. The molecule has 1 aromatic rings. The van der Waals surface area contributed by atoms with Crippen LogP contribution in [0.3, 0.4) is 0 Å². The summed E-state index contributed by atoms with van der Waals surface area (Å²) in [5.74, 6) is -0.211. The lowest BCUT2D eigenvalue weighted by molar-refractivity contribution is 0.0957. The number of rotatable bonds is 1. The standard InChI is InChI=1S/C7H9N3O.H2/c1-5-3-10-6(4-9-5)7(11)8-2;/h3-4H,1-2H3,(H,8,11);1H. The fraction of sp³-hybridized carbons (Fsp3) is 0.286. The summed E-state index contributed by atoms with van der Waals surface area (Å²) >= 11 is 0. The number of aromatic nitrogens is 2. The SMILES string of the molecule is CNC(=O)c1cnc(C)cn1.[HH].